The molecule has 2 aliphatic rings. The Morgan fingerprint density at radius 1 is 1.22 bits per heavy atom. The van der Waals surface area contributed by atoms with Crippen molar-refractivity contribution >= 4 is 11.6 Å². The van der Waals surface area contributed by atoms with E-state index in [-0.39, 0.29) is 17.9 Å². The second-order valence-corrected chi connectivity index (χ2v) is 7.25. The van der Waals surface area contributed by atoms with Gasteiger partial charge in [0, 0.05) is 31.3 Å². The fourth-order valence-electron chi connectivity index (χ4n) is 3.48. The number of nitrogens with zero attached hydrogens (tertiary/aromatic N) is 2. The van der Waals surface area contributed by atoms with Gasteiger partial charge in [0.25, 0.3) is 5.69 Å². The molecule has 1 aromatic carbocycles. The molecule has 1 aromatic rings. The first-order chi connectivity index (χ1) is 13.1. The SMILES string of the molecule is O=[N+]([O-])c1ccc(CN=C(NCC2CCCO2)NC2CCC(O)CC2)cc1. The molecule has 0 spiro atoms. The van der Waals surface area contributed by atoms with Crippen molar-refractivity contribution in [2.45, 2.75) is 63.3 Å². The number of guanidine groups is 1. The van der Waals surface area contributed by atoms with Gasteiger partial charge in [0.2, 0.25) is 0 Å². The predicted molar refractivity (Wildman–Crippen MR) is 103 cm³/mol. The normalized spacial score (nSPS) is 26.0. The summed E-state index contributed by atoms with van der Waals surface area (Å²) in [7, 11) is 0. The molecule has 2 fully saturated rings. The Morgan fingerprint density at radius 2 is 1.96 bits per heavy atom. The summed E-state index contributed by atoms with van der Waals surface area (Å²) < 4.78 is 5.66. The lowest BCUT2D eigenvalue weighted by Gasteiger charge is -2.28. The van der Waals surface area contributed by atoms with Crippen molar-refractivity contribution in [2.24, 2.45) is 4.99 Å². The van der Waals surface area contributed by atoms with E-state index in [1.807, 2.05) is 0 Å². The Morgan fingerprint density at radius 3 is 2.59 bits per heavy atom. The Bertz CT molecular complexity index is 636. The zero-order chi connectivity index (χ0) is 19.1. The quantitative estimate of drug-likeness (QED) is 0.304. The van der Waals surface area contributed by atoms with Crippen molar-refractivity contribution in [3.05, 3.63) is 39.9 Å². The second kappa shape index (κ2) is 9.66. The Hall–Kier alpha value is -2.19. The first-order valence-electron chi connectivity index (χ1n) is 9.68. The number of benzene rings is 1. The van der Waals surface area contributed by atoms with Crippen LogP contribution in [0.5, 0.6) is 0 Å². The average molecular weight is 376 g/mol. The number of nitro benzene ring substituents is 1. The predicted octanol–water partition coefficient (Wildman–Crippen LogP) is 2.11. The van der Waals surface area contributed by atoms with Crippen LogP contribution in [0.4, 0.5) is 5.69 Å². The Balaban J connectivity index is 1.59. The van der Waals surface area contributed by atoms with E-state index in [1.54, 1.807) is 12.1 Å². The van der Waals surface area contributed by atoms with Crippen LogP contribution in [0.2, 0.25) is 0 Å². The van der Waals surface area contributed by atoms with Crippen LogP contribution in [-0.2, 0) is 11.3 Å². The number of ether oxygens (including phenoxy) is 1. The molecule has 0 radical (unpaired) electrons. The molecule has 1 saturated carbocycles. The topological polar surface area (TPSA) is 109 Å². The molecule has 3 rings (SSSR count). The molecule has 148 valence electrons. The summed E-state index contributed by atoms with van der Waals surface area (Å²) in [6.45, 7) is 1.96. The fourth-order valence-corrected chi connectivity index (χ4v) is 3.48. The number of nitro groups is 1. The van der Waals surface area contributed by atoms with Crippen molar-refractivity contribution < 1.29 is 14.8 Å². The Labute approximate surface area is 159 Å². The van der Waals surface area contributed by atoms with Crippen LogP contribution in [0.15, 0.2) is 29.3 Å². The highest BCUT2D eigenvalue weighted by molar-refractivity contribution is 5.80. The first kappa shape index (κ1) is 19.6. The number of nitrogens with one attached hydrogen (secondary N) is 2. The number of hydrogen-bond donors (Lipinski definition) is 3. The zero-order valence-electron chi connectivity index (χ0n) is 15.5. The minimum Gasteiger partial charge on any atom is -0.393 e. The molecule has 8 heteroatoms. The van der Waals surface area contributed by atoms with Crippen LogP contribution in [-0.4, -0.2) is 47.4 Å². The molecule has 27 heavy (non-hydrogen) atoms. The average Bonchev–Trinajstić information content (AvgIpc) is 3.19. The standard InChI is InChI=1S/C19H28N4O4/c24-17-9-5-15(6-10-17)22-19(21-13-18-2-1-11-27-18)20-12-14-3-7-16(8-4-14)23(25)26/h3-4,7-8,15,17-18,24H,1-2,5-6,9-13H2,(H2,20,21,22). The summed E-state index contributed by atoms with van der Waals surface area (Å²) in [6.07, 6.45) is 5.61. The largest absolute Gasteiger partial charge is 0.393 e. The highest BCUT2D eigenvalue weighted by Gasteiger charge is 2.21. The van der Waals surface area contributed by atoms with Crippen LogP contribution in [0.1, 0.15) is 44.1 Å². The van der Waals surface area contributed by atoms with Crippen molar-refractivity contribution in [1.29, 1.82) is 0 Å². The van der Waals surface area contributed by atoms with Gasteiger partial charge in [-0.3, -0.25) is 10.1 Å². The molecular weight excluding hydrogens is 348 g/mol. The molecule has 3 N–H and O–H groups in total. The molecule has 1 unspecified atom stereocenters. The zero-order valence-corrected chi connectivity index (χ0v) is 15.5. The van der Waals surface area contributed by atoms with Crippen LogP contribution < -0.4 is 10.6 Å². The van der Waals surface area contributed by atoms with Gasteiger partial charge in [0.1, 0.15) is 0 Å². The van der Waals surface area contributed by atoms with Gasteiger partial charge >= 0.3 is 0 Å². The molecule has 1 aliphatic heterocycles. The van der Waals surface area contributed by atoms with Crippen molar-refractivity contribution in [3.63, 3.8) is 0 Å². The third-order valence-corrected chi connectivity index (χ3v) is 5.13. The van der Waals surface area contributed by atoms with Crippen LogP contribution in [0, 0.1) is 10.1 Å². The number of aliphatic hydroxyl groups is 1. The highest BCUT2D eigenvalue weighted by atomic mass is 16.6. The maximum atomic E-state index is 10.8. The van der Waals surface area contributed by atoms with Gasteiger partial charge in [0.15, 0.2) is 5.96 Å². The molecule has 1 saturated heterocycles. The molecule has 0 amide bonds. The van der Waals surface area contributed by atoms with Gasteiger partial charge < -0.3 is 20.5 Å². The number of non-ortho nitro benzene ring substituents is 1. The monoisotopic (exact) mass is 376 g/mol. The summed E-state index contributed by atoms with van der Waals surface area (Å²) in [5, 5.41) is 27.3. The lowest BCUT2D eigenvalue weighted by molar-refractivity contribution is -0.384. The molecule has 1 heterocycles. The van der Waals surface area contributed by atoms with Gasteiger partial charge in [-0.2, -0.15) is 0 Å². The smallest absolute Gasteiger partial charge is 0.269 e. The Kier molecular flexibility index (Phi) is 7.00. The van der Waals surface area contributed by atoms with Crippen molar-refractivity contribution in [2.75, 3.05) is 13.2 Å². The van der Waals surface area contributed by atoms with E-state index >= 15 is 0 Å². The van der Waals surface area contributed by atoms with Gasteiger partial charge in [-0.1, -0.05) is 12.1 Å². The number of aliphatic hydroxyl groups excluding tert-OH is 1. The molecule has 1 atom stereocenters. The van der Waals surface area contributed by atoms with E-state index < -0.39 is 4.92 Å². The minimum absolute atomic E-state index is 0.0818. The van der Waals surface area contributed by atoms with E-state index in [0.29, 0.717) is 19.1 Å². The maximum Gasteiger partial charge on any atom is 0.269 e. The van der Waals surface area contributed by atoms with Crippen molar-refractivity contribution in [1.82, 2.24) is 10.6 Å². The lowest BCUT2D eigenvalue weighted by Crippen LogP contribution is -2.47. The van der Waals surface area contributed by atoms with E-state index in [2.05, 4.69) is 15.6 Å². The highest BCUT2D eigenvalue weighted by Crippen LogP contribution is 2.18. The van der Waals surface area contributed by atoms with Crippen molar-refractivity contribution in [3.8, 4) is 0 Å². The van der Waals surface area contributed by atoms with Gasteiger partial charge in [-0.15, -0.1) is 0 Å². The minimum atomic E-state index is -0.402. The summed E-state index contributed by atoms with van der Waals surface area (Å²) >= 11 is 0. The molecule has 1 aliphatic carbocycles. The third kappa shape index (κ3) is 6.18. The second-order valence-electron chi connectivity index (χ2n) is 7.25. The van der Waals surface area contributed by atoms with Crippen LogP contribution >= 0.6 is 0 Å². The van der Waals surface area contributed by atoms with Gasteiger partial charge in [-0.25, -0.2) is 4.99 Å². The molecule has 0 bridgehead atoms. The van der Waals surface area contributed by atoms with Crippen LogP contribution in [0.3, 0.4) is 0 Å². The molecular formula is C19H28N4O4. The number of aliphatic imine (C=N–C) groups is 1. The summed E-state index contributed by atoms with van der Waals surface area (Å²) in [5.74, 6) is 0.727. The van der Waals surface area contributed by atoms with Crippen LogP contribution in [0.25, 0.3) is 0 Å². The number of hydrogen-bond acceptors (Lipinski definition) is 5. The van der Waals surface area contributed by atoms with Gasteiger partial charge in [0.05, 0.1) is 23.7 Å². The first-order valence-corrected chi connectivity index (χ1v) is 9.68. The maximum absolute atomic E-state index is 10.8. The third-order valence-electron chi connectivity index (χ3n) is 5.13. The van der Waals surface area contributed by atoms with E-state index in [1.165, 1.54) is 12.1 Å². The molecule has 0 aromatic heterocycles. The lowest BCUT2D eigenvalue weighted by atomic mass is 9.93. The summed E-state index contributed by atoms with van der Waals surface area (Å²) in [5.41, 5.74) is 0.997. The van der Waals surface area contributed by atoms with E-state index in [0.717, 1.165) is 56.7 Å². The fraction of sp³-hybridized carbons (Fsp3) is 0.632. The molecule has 8 nitrogen and oxygen atoms in total. The van der Waals surface area contributed by atoms with E-state index in [9.17, 15) is 15.2 Å². The summed E-state index contributed by atoms with van der Waals surface area (Å²) in [4.78, 5) is 15.0. The summed E-state index contributed by atoms with van der Waals surface area (Å²) in [6, 6.07) is 6.76. The number of rotatable bonds is 6. The van der Waals surface area contributed by atoms with Gasteiger partial charge in [-0.05, 0) is 44.1 Å². The van der Waals surface area contributed by atoms with E-state index in [4.69, 9.17) is 4.74 Å².